The van der Waals surface area contributed by atoms with Gasteiger partial charge in [-0.1, -0.05) is 29.8 Å². The summed E-state index contributed by atoms with van der Waals surface area (Å²) in [6.45, 7) is 5.73. The maximum Gasteiger partial charge on any atom is 0.339 e. The van der Waals surface area contributed by atoms with E-state index in [0.29, 0.717) is 0 Å². The minimum Gasteiger partial charge on any atom is -0.465 e. The van der Waals surface area contributed by atoms with Crippen molar-refractivity contribution < 1.29 is 17.9 Å². The molecule has 7 heteroatoms. The zero-order valence-corrected chi connectivity index (χ0v) is 16.0. The fraction of sp³-hybridized carbons (Fsp3) is 0.278. The number of hydrogen-bond acceptors (Lipinski definition) is 4. The van der Waals surface area contributed by atoms with Crippen LogP contribution in [0.5, 0.6) is 0 Å². The molecule has 0 fully saturated rings. The van der Waals surface area contributed by atoms with Gasteiger partial charge in [0.1, 0.15) is 0 Å². The lowest BCUT2D eigenvalue weighted by Gasteiger charge is -2.16. The Morgan fingerprint density at radius 1 is 1.12 bits per heavy atom. The summed E-state index contributed by atoms with van der Waals surface area (Å²) in [6.07, 6.45) is 0. The summed E-state index contributed by atoms with van der Waals surface area (Å²) in [5.41, 5.74) is 3.09. The number of carbonyl (C=O) groups is 1. The maximum absolute atomic E-state index is 12.6. The van der Waals surface area contributed by atoms with Crippen molar-refractivity contribution in [2.24, 2.45) is 0 Å². The zero-order valence-electron chi connectivity index (χ0n) is 14.5. The van der Waals surface area contributed by atoms with Crippen molar-refractivity contribution in [1.82, 2.24) is 4.72 Å². The zero-order chi connectivity index (χ0) is 18.8. The summed E-state index contributed by atoms with van der Waals surface area (Å²) < 4.78 is 32.5. The first-order valence-electron chi connectivity index (χ1n) is 7.63. The van der Waals surface area contributed by atoms with E-state index in [1.54, 1.807) is 6.92 Å². The molecule has 0 spiro atoms. The summed E-state index contributed by atoms with van der Waals surface area (Å²) >= 11 is 5.94. The quantitative estimate of drug-likeness (QED) is 0.800. The van der Waals surface area contributed by atoms with Crippen LogP contribution in [0.15, 0.2) is 41.3 Å². The predicted octanol–water partition coefficient (Wildman–Crippen LogP) is 3.78. The molecule has 1 atom stereocenters. The average molecular weight is 382 g/mol. The van der Waals surface area contributed by atoms with Gasteiger partial charge in [0.25, 0.3) is 0 Å². The third-order valence-corrected chi connectivity index (χ3v) is 5.88. The van der Waals surface area contributed by atoms with Crippen LogP contribution in [0.1, 0.15) is 40.0 Å². The lowest BCUT2D eigenvalue weighted by atomic mass is 10.0. The van der Waals surface area contributed by atoms with Crippen molar-refractivity contribution in [3.05, 3.63) is 63.7 Å². The van der Waals surface area contributed by atoms with Crippen LogP contribution in [0, 0.1) is 13.8 Å². The Balaban J connectivity index is 2.32. The molecule has 5 nitrogen and oxygen atoms in total. The molecule has 0 amide bonds. The summed E-state index contributed by atoms with van der Waals surface area (Å²) in [4.78, 5) is 11.7. The van der Waals surface area contributed by atoms with Crippen molar-refractivity contribution in [3.63, 3.8) is 0 Å². The van der Waals surface area contributed by atoms with Gasteiger partial charge in [-0.15, -0.1) is 0 Å². The highest BCUT2D eigenvalue weighted by Crippen LogP contribution is 2.23. The third kappa shape index (κ3) is 4.39. The molecule has 0 aromatic heterocycles. The normalized spacial score (nSPS) is 12.7. The van der Waals surface area contributed by atoms with Crippen LogP contribution in [-0.2, 0) is 14.8 Å². The van der Waals surface area contributed by atoms with Crippen LogP contribution in [0.25, 0.3) is 0 Å². The Morgan fingerprint density at radius 2 is 1.80 bits per heavy atom. The number of nitrogens with one attached hydrogen (secondary N) is 1. The Bertz CT molecular complexity index is 909. The number of sulfonamides is 1. The fourth-order valence-electron chi connectivity index (χ4n) is 2.34. The van der Waals surface area contributed by atoms with Crippen LogP contribution in [-0.4, -0.2) is 21.5 Å². The minimum atomic E-state index is -3.83. The third-order valence-electron chi connectivity index (χ3n) is 4.02. The highest BCUT2D eigenvalue weighted by molar-refractivity contribution is 7.89. The molecule has 0 bridgehead atoms. The molecule has 134 valence electrons. The standard InChI is InChI=1S/C18H20ClNO4S/c1-11-5-6-14(9-12(11)2)13(3)20-25(22,23)15-7-8-17(19)16(10-15)18(21)24-4/h5-10,13,20H,1-4H3/t13-/m0/s1. The molecule has 0 unspecified atom stereocenters. The number of aryl methyl sites for hydroxylation is 2. The summed E-state index contributed by atoms with van der Waals surface area (Å²) in [5.74, 6) is -0.691. The number of carbonyl (C=O) groups excluding carboxylic acids is 1. The second kappa shape index (κ2) is 7.56. The molecule has 25 heavy (non-hydrogen) atoms. The smallest absolute Gasteiger partial charge is 0.339 e. The molecule has 0 radical (unpaired) electrons. The molecule has 0 aliphatic rings. The van der Waals surface area contributed by atoms with Crippen LogP contribution >= 0.6 is 11.6 Å². The van der Waals surface area contributed by atoms with Gasteiger partial charge >= 0.3 is 5.97 Å². The number of benzene rings is 2. The van der Waals surface area contributed by atoms with Crippen molar-refractivity contribution in [2.75, 3.05) is 7.11 Å². The first-order chi connectivity index (χ1) is 11.7. The second-order valence-corrected chi connectivity index (χ2v) is 7.94. The van der Waals surface area contributed by atoms with Gasteiger partial charge in [-0.2, -0.15) is 0 Å². The highest BCUT2D eigenvalue weighted by atomic mass is 35.5. The summed E-state index contributed by atoms with van der Waals surface area (Å²) in [7, 11) is -2.62. The largest absolute Gasteiger partial charge is 0.465 e. The van der Waals surface area contributed by atoms with E-state index in [-0.39, 0.29) is 15.5 Å². The van der Waals surface area contributed by atoms with Gasteiger partial charge in [0.2, 0.25) is 10.0 Å². The van der Waals surface area contributed by atoms with Crippen LogP contribution in [0.4, 0.5) is 0 Å². The van der Waals surface area contributed by atoms with Crippen LogP contribution < -0.4 is 4.72 Å². The number of methoxy groups -OCH3 is 1. The molecule has 0 aliphatic carbocycles. The number of halogens is 1. The van der Waals surface area contributed by atoms with Gasteiger partial charge in [-0.3, -0.25) is 0 Å². The van der Waals surface area contributed by atoms with E-state index < -0.39 is 22.0 Å². The van der Waals surface area contributed by atoms with E-state index in [1.165, 1.54) is 25.3 Å². The summed E-state index contributed by atoms with van der Waals surface area (Å²) in [6, 6.07) is 9.28. The van der Waals surface area contributed by atoms with Crippen molar-refractivity contribution >= 4 is 27.6 Å². The van der Waals surface area contributed by atoms with E-state index in [1.807, 2.05) is 32.0 Å². The van der Waals surface area contributed by atoms with Gasteiger partial charge < -0.3 is 4.74 Å². The molecule has 2 aromatic rings. The number of hydrogen-bond donors (Lipinski definition) is 1. The Morgan fingerprint density at radius 3 is 2.40 bits per heavy atom. The number of ether oxygens (including phenoxy) is 1. The summed E-state index contributed by atoms with van der Waals surface area (Å²) in [5, 5.41) is 0.132. The molecular weight excluding hydrogens is 362 g/mol. The average Bonchev–Trinajstić information content (AvgIpc) is 2.56. The molecular formula is C18H20ClNO4S. The lowest BCUT2D eigenvalue weighted by molar-refractivity contribution is 0.0600. The molecule has 0 saturated heterocycles. The van der Waals surface area contributed by atoms with Gasteiger partial charge in [0.15, 0.2) is 0 Å². The number of rotatable bonds is 5. The van der Waals surface area contributed by atoms with Crippen LogP contribution in [0.2, 0.25) is 5.02 Å². The van der Waals surface area contributed by atoms with E-state index in [9.17, 15) is 13.2 Å². The van der Waals surface area contributed by atoms with E-state index in [2.05, 4.69) is 9.46 Å². The monoisotopic (exact) mass is 381 g/mol. The molecule has 2 rings (SSSR count). The van der Waals surface area contributed by atoms with Gasteiger partial charge in [-0.05, 0) is 55.7 Å². The van der Waals surface area contributed by atoms with E-state index in [0.717, 1.165) is 16.7 Å². The number of esters is 1. The predicted molar refractivity (Wildman–Crippen MR) is 97.4 cm³/mol. The lowest BCUT2D eigenvalue weighted by Crippen LogP contribution is -2.27. The molecule has 2 aromatic carbocycles. The highest BCUT2D eigenvalue weighted by Gasteiger charge is 2.21. The Hall–Kier alpha value is -1.89. The fourth-order valence-corrected chi connectivity index (χ4v) is 3.79. The second-order valence-electron chi connectivity index (χ2n) is 5.82. The first-order valence-corrected chi connectivity index (χ1v) is 9.49. The SMILES string of the molecule is COC(=O)c1cc(S(=O)(=O)N[C@@H](C)c2ccc(C)c(C)c2)ccc1Cl. The molecule has 0 saturated carbocycles. The molecule has 0 aliphatic heterocycles. The van der Waals surface area contributed by atoms with E-state index >= 15 is 0 Å². The minimum absolute atomic E-state index is 0.00544. The van der Waals surface area contributed by atoms with Gasteiger partial charge in [0.05, 0.1) is 22.6 Å². The maximum atomic E-state index is 12.6. The first kappa shape index (κ1) is 19.4. The van der Waals surface area contributed by atoms with E-state index in [4.69, 9.17) is 11.6 Å². The van der Waals surface area contributed by atoms with Crippen molar-refractivity contribution in [1.29, 1.82) is 0 Å². The Kier molecular flexibility index (Phi) is 5.87. The topological polar surface area (TPSA) is 72.5 Å². The van der Waals surface area contributed by atoms with Crippen molar-refractivity contribution in [2.45, 2.75) is 31.7 Å². The van der Waals surface area contributed by atoms with Gasteiger partial charge in [-0.25, -0.2) is 17.9 Å². The molecule has 1 N–H and O–H groups in total. The Labute approximate surface area is 153 Å². The van der Waals surface area contributed by atoms with Crippen molar-refractivity contribution in [3.8, 4) is 0 Å². The molecule has 0 heterocycles. The van der Waals surface area contributed by atoms with Gasteiger partial charge in [0, 0.05) is 6.04 Å². The van der Waals surface area contributed by atoms with Crippen LogP contribution in [0.3, 0.4) is 0 Å².